The van der Waals surface area contributed by atoms with Gasteiger partial charge in [0.25, 0.3) is 0 Å². The first kappa shape index (κ1) is 20.3. The van der Waals surface area contributed by atoms with Gasteiger partial charge in [0.2, 0.25) is 17.8 Å². The lowest BCUT2D eigenvalue weighted by atomic mass is 9.95. The molecule has 2 saturated heterocycles. The molecule has 2 aliphatic heterocycles. The number of rotatable bonds is 5. The highest BCUT2D eigenvalue weighted by Gasteiger charge is 2.28. The Labute approximate surface area is 176 Å². The molecule has 2 fully saturated rings. The molecule has 0 atom stereocenters. The molecular weight excluding hydrogens is 380 g/mol. The van der Waals surface area contributed by atoms with Gasteiger partial charge in [0.1, 0.15) is 0 Å². The number of likely N-dealkylation sites (tertiary alicyclic amines) is 1. The summed E-state index contributed by atoms with van der Waals surface area (Å²) in [5.74, 6) is 0.966. The van der Waals surface area contributed by atoms with Crippen LogP contribution in [0, 0.1) is 5.92 Å². The SMILES string of the molecule is O=C(Nc1ccccc1)C1CCN(CC(=O)N2CCN(c3ncccn3)CC2)CC1. The van der Waals surface area contributed by atoms with Crippen LogP contribution >= 0.6 is 0 Å². The van der Waals surface area contributed by atoms with Crippen LogP contribution < -0.4 is 10.2 Å². The predicted octanol–water partition coefficient (Wildman–Crippen LogP) is 1.48. The summed E-state index contributed by atoms with van der Waals surface area (Å²) in [5.41, 5.74) is 0.833. The van der Waals surface area contributed by atoms with Crippen molar-refractivity contribution in [3.8, 4) is 0 Å². The Bertz CT molecular complexity index is 831. The van der Waals surface area contributed by atoms with Crippen LogP contribution in [0.1, 0.15) is 12.8 Å². The van der Waals surface area contributed by atoms with E-state index in [0.717, 1.165) is 50.7 Å². The summed E-state index contributed by atoms with van der Waals surface area (Å²) in [7, 11) is 0. The molecule has 0 unspecified atom stereocenters. The Balaban J connectivity index is 1.19. The van der Waals surface area contributed by atoms with Gasteiger partial charge in [0.05, 0.1) is 6.54 Å². The van der Waals surface area contributed by atoms with Crippen LogP contribution in [0.4, 0.5) is 11.6 Å². The van der Waals surface area contributed by atoms with Gasteiger partial charge in [0, 0.05) is 50.2 Å². The molecule has 158 valence electrons. The first-order chi connectivity index (χ1) is 14.7. The van der Waals surface area contributed by atoms with Crippen molar-refractivity contribution >= 4 is 23.5 Å². The van der Waals surface area contributed by atoms with E-state index in [1.807, 2.05) is 35.2 Å². The Kier molecular flexibility index (Phi) is 6.53. The smallest absolute Gasteiger partial charge is 0.236 e. The van der Waals surface area contributed by atoms with E-state index in [1.54, 1.807) is 18.5 Å². The molecule has 0 bridgehead atoms. The summed E-state index contributed by atoms with van der Waals surface area (Å²) in [5, 5.41) is 2.99. The minimum Gasteiger partial charge on any atom is -0.338 e. The number of hydrogen-bond donors (Lipinski definition) is 1. The van der Waals surface area contributed by atoms with Crippen molar-refractivity contribution < 1.29 is 9.59 Å². The molecule has 1 N–H and O–H groups in total. The molecule has 30 heavy (non-hydrogen) atoms. The summed E-state index contributed by atoms with van der Waals surface area (Å²) in [6, 6.07) is 11.4. The lowest BCUT2D eigenvalue weighted by molar-refractivity contribution is -0.133. The largest absolute Gasteiger partial charge is 0.338 e. The molecular formula is C22H28N6O2. The number of carbonyl (C=O) groups is 2. The number of carbonyl (C=O) groups excluding carboxylic acids is 2. The predicted molar refractivity (Wildman–Crippen MR) is 115 cm³/mol. The van der Waals surface area contributed by atoms with E-state index >= 15 is 0 Å². The summed E-state index contributed by atoms with van der Waals surface area (Å²) < 4.78 is 0. The quantitative estimate of drug-likeness (QED) is 0.807. The Morgan fingerprint density at radius 2 is 1.57 bits per heavy atom. The van der Waals surface area contributed by atoms with E-state index in [1.165, 1.54) is 0 Å². The molecule has 0 spiro atoms. The Morgan fingerprint density at radius 1 is 0.900 bits per heavy atom. The first-order valence-corrected chi connectivity index (χ1v) is 10.6. The molecule has 8 nitrogen and oxygen atoms in total. The number of amides is 2. The van der Waals surface area contributed by atoms with Gasteiger partial charge in [-0.25, -0.2) is 9.97 Å². The van der Waals surface area contributed by atoms with E-state index < -0.39 is 0 Å². The summed E-state index contributed by atoms with van der Waals surface area (Å²) in [6.07, 6.45) is 5.04. The van der Waals surface area contributed by atoms with Crippen molar-refractivity contribution in [2.45, 2.75) is 12.8 Å². The van der Waals surface area contributed by atoms with Crippen LogP contribution in [-0.4, -0.2) is 77.4 Å². The fraction of sp³-hybridized carbons (Fsp3) is 0.455. The van der Waals surface area contributed by atoms with Crippen molar-refractivity contribution in [3.05, 3.63) is 48.8 Å². The van der Waals surface area contributed by atoms with Crippen LogP contribution in [0.15, 0.2) is 48.8 Å². The van der Waals surface area contributed by atoms with Gasteiger partial charge in [-0.2, -0.15) is 0 Å². The molecule has 1 aromatic carbocycles. The minimum absolute atomic E-state index is 0.00553. The molecule has 0 radical (unpaired) electrons. The lowest BCUT2D eigenvalue weighted by Gasteiger charge is -2.37. The van der Waals surface area contributed by atoms with Crippen molar-refractivity contribution in [3.63, 3.8) is 0 Å². The number of aromatic nitrogens is 2. The number of benzene rings is 1. The monoisotopic (exact) mass is 408 g/mol. The third-order valence-corrected chi connectivity index (χ3v) is 5.83. The second-order valence-corrected chi connectivity index (χ2v) is 7.82. The van der Waals surface area contributed by atoms with Gasteiger partial charge in [-0.15, -0.1) is 0 Å². The van der Waals surface area contributed by atoms with E-state index in [2.05, 4.69) is 25.1 Å². The highest BCUT2D eigenvalue weighted by Crippen LogP contribution is 2.20. The molecule has 2 aliphatic rings. The molecule has 0 aliphatic carbocycles. The van der Waals surface area contributed by atoms with Gasteiger partial charge >= 0.3 is 0 Å². The number of hydrogen-bond acceptors (Lipinski definition) is 6. The molecule has 3 heterocycles. The van der Waals surface area contributed by atoms with Crippen molar-refractivity contribution in [1.29, 1.82) is 0 Å². The maximum absolute atomic E-state index is 12.7. The van der Waals surface area contributed by atoms with Gasteiger partial charge in [-0.1, -0.05) is 18.2 Å². The van der Waals surface area contributed by atoms with Gasteiger partial charge in [-0.3, -0.25) is 14.5 Å². The van der Waals surface area contributed by atoms with Gasteiger partial charge in [-0.05, 0) is 44.1 Å². The van der Waals surface area contributed by atoms with E-state index in [4.69, 9.17) is 0 Å². The summed E-state index contributed by atoms with van der Waals surface area (Å²) in [4.78, 5) is 40.0. The van der Waals surface area contributed by atoms with E-state index in [0.29, 0.717) is 19.6 Å². The zero-order valence-electron chi connectivity index (χ0n) is 17.1. The molecule has 4 rings (SSSR count). The van der Waals surface area contributed by atoms with Crippen molar-refractivity contribution in [1.82, 2.24) is 19.8 Å². The fourth-order valence-electron chi connectivity index (χ4n) is 4.02. The van der Waals surface area contributed by atoms with Crippen molar-refractivity contribution in [2.75, 3.05) is 56.0 Å². The minimum atomic E-state index is 0.00553. The number of nitrogens with one attached hydrogen (secondary N) is 1. The second kappa shape index (κ2) is 9.67. The zero-order chi connectivity index (χ0) is 20.8. The van der Waals surface area contributed by atoms with Crippen LogP contribution in [0.25, 0.3) is 0 Å². The zero-order valence-corrected chi connectivity index (χ0v) is 17.1. The number of piperidine rings is 1. The van der Waals surface area contributed by atoms with E-state index in [-0.39, 0.29) is 17.7 Å². The molecule has 8 heteroatoms. The van der Waals surface area contributed by atoms with Crippen LogP contribution in [0.2, 0.25) is 0 Å². The molecule has 1 aromatic heterocycles. The highest BCUT2D eigenvalue weighted by atomic mass is 16.2. The molecule has 2 aromatic rings. The topological polar surface area (TPSA) is 81.7 Å². The average Bonchev–Trinajstić information content (AvgIpc) is 2.81. The van der Waals surface area contributed by atoms with E-state index in [9.17, 15) is 9.59 Å². The number of anilines is 2. The second-order valence-electron chi connectivity index (χ2n) is 7.82. The Morgan fingerprint density at radius 3 is 2.23 bits per heavy atom. The average molecular weight is 409 g/mol. The third kappa shape index (κ3) is 5.13. The normalized spacial score (nSPS) is 18.3. The van der Waals surface area contributed by atoms with Crippen LogP contribution in [-0.2, 0) is 9.59 Å². The maximum atomic E-state index is 12.7. The summed E-state index contributed by atoms with van der Waals surface area (Å²) in [6.45, 7) is 4.84. The molecule has 0 saturated carbocycles. The highest BCUT2D eigenvalue weighted by molar-refractivity contribution is 5.92. The number of piperazine rings is 1. The number of para-hydroxylation sites is 1. The third-order valence-electron chi connectivity index (χ3n) is 5.83. The van der Waals surface area contributed by atoms with Crippen LogP contribution in [0.5, 0.6) is 0 Å². The first-order valence-electron chi connectivity index (χ1n) is 10.6. The Hall–Kier alpha value is -3.00. The van der Waals surface area contributed by atoms with Crippen molar-refractivity contribution in [2.24, 2.45) is 5.92 Å². The van der Waals surface area contributed by atoms with Crippen LogP contribution in [0.3, 0.4) is 0 Å². The summed E-state index contributed by atoms with van der Waals surface area (Å²) >= 11 is 0. The maximum Gasteiger partial charge on any atom is 0.236 e. The molecule has 2 amide bonds. The lowest BCUT2D eigenvalue weighted by Crippen LogP contribution is -2.52. The van der Waals surface area contributed by atoms with Gasteiger partial charge < -0.3 is 15.1 Å². The fourth-order valence-corrected chi connectivity index (χ4v) is 4.02. The standard InChI is InChI=1S/C22H28N6O2/c29-20(27-13-15-28(16-14-27)22-23-9-4-10-24-22)17-26-11-7-18(8-12-26)21(30)25-19-5-2-1-3-6-19/h1-6,9-10,18H,7-8,11-17H2,(H,25,30). The van der Waals surface area contributed by atoms with Gasteiger partial charge in [0.15, 0.2) is 0 Å². The number of nitrogens with zero attached hydrogens (tertiary/aromatic N) is 5.